The number of para-hydroxylation sites is 1. The number of hydrogen-bond acceptors (Lipinski definition) is 5. The first-order valence-corrected chi connectivity index (χ1v) is 8.63. The molecule has 3 rings (SSSR count). The van der Waals surface area contributed by atoms with Crippen LogP contribution in [0.3, 0.4) is 0 Å². The topological polar surface area (TPSA) is 78.9 Å². The summed E-state index contributed by atoms with van der Waals surface area (Å²) < 4.78 is 5.15. The number of amides is 2. The number of nitrogens with zero attached hydrogens (tertiary/aromatic N) is 1. The molecule has 0 aliphatic carbocycles. The average molecular weight is 358 g/mol. The highest BCUT2D eigenvalue weighted by Crippen LogP contribution is 2.40. The number of anilines is 1. The Kier molecular flexibility index (Phi) is 5.25. The van der Waals surface area contributed by atoms with Crippen LogP contribution in [0.5, 0.6) is 5.75 Å². The van der Waals surface area contributed by atoms with Gasteiger partial charge in [0.1, 0.15) is 12.3 Å². The number of hydroxylamine groups is 1. The Morgan fingerprint density at radius 2 is 1.96 bits per heavy atom. The highest BCUT2D eigenvalue weighted by Gasteiger charge is 2.34. The lowest BCUT2D eigenvalue weighted by atomic mass is 10.1. The van der Waals surface area contributed by atoms with Gasteiger partial charge in [0, 0.05) is 4.90 Å². The zero-order valence-corrected chi connectivity index (χ0v) is 14.5. The molecule has 2 aromatic carbocycles. The van der Waals surface area contributed by atoms with Crippen molar-refractivity contribution in [1.29, 1.82) is 0 Å². The quantitative estimate of drug-likeness (QED) is 0.633. The molecule has 1 heterocycles. The Morgan fingerprint density at radius 3 is 2.64 bits per heavy atom. The van der Waals surface area contributed by atoms with Crippen molar-refractivity contribution in [3.8, 4) is 5.75 Å². The molecule has 1 aliphatic rings. The van der Waals surface area contributed by atoms with Gasteiger partial charge >= 0.3 is 0 Å². The lowest BCUT2D eigenvalue weighted by Crippen LogP contribution is -2.46. The predicted molar refractivity (Wildman–Crippen MR) is 95.1 cm³/mol. The second kappa shape index (κ2) is 7.58. The molecule has 0 aromatic heterocycles. The van der Waals surface area contributed by atoms with E-state index in [1.165, 1.54) is 16.7 Å². The Bertz CT molecular complexity index is 779. The van der Waals surface area contributed by atoms with Crippen LogP contribution in [0.4, 0.5) is 5.69 Å². The molecule has 1 atom stereocenters. The molecule has 25 heavy (non-hydrogen) atoms. The standard InChI is InChI=1S/C18H18N2O4S/c1-24-13-8-6-12(7-9-13)10-16-18(22)20(11-17(21)19-23)14-4-2-3-5-15(14)25-16/h2-9,16,23H,10-11H2,1H3,(H,19,21). The number of benzene rings is 2. The first-order chi connectivity index (χ1) is 12.1. The smallest absolute Gasteiger partial charge is 0.263 e. The van der Waals surface area contributed by atoms with E-state index in [2.05, 4.69) is 0 Å². The van der Waals surface area contributed by atoms with Crippen LogP contribution in [0.2, 0.25) is 0 Å². The van der Waals surface area contributed by atoms with Gasteiger partial charge in [-0.25, -0.2) is 5.48 Å². The fourth-order valence-electron chi connectivity index (χ4n) is 2.72. The normalized spacial score (nSPS) is 16.3. The third-order valence-electron chi connectivity index (χ3n) is 3.97. The second-order valence-electron chi connectivity index (χ2n) is 5.59. The number of fused-ring (bicyclic) bond motifs is 1. The van der Waals surface area contributed by atoms with Crippen LogP contribution in [0.25, 0.3) is 0 Å². The zero-order chi connectivity index (χ0) is 17.8. The summed E-state index contributed by atoms with van der Waals surface area (Å²) >= 11 is 1.49. The highest BCUT2D eigenvalue weighted by molar-refractivity contribution is 8.01. The molecule has 130 valence electrons. The van der Waals surface area contributed by atoms with E-state index in [0.29, 0.717) is 12.1 Å². The Hall–Kier alpha value is -2.51. The summed E-state index contributed by atoms with van der Waals surface area (Å²) in [5.41, 5.74) is 3.29. The van der Waals surface area contributed by atoms with Gasteiger partial charge in [-0.2, -0.15) is 0 Å². The van der Waals surface area contributed by atoms with Gasteiger partial charge < -0.3 is 9.64 Å². The third kappa shape index (κ3) is 3.78. The summed E-state index contributed by atoms with van der Waals surface area (Å²) in [6.45, 7) is -0.216. The number of nitrogens with one attached hydrogen (secondary N) is 1. The lowest BCUT2D eigenvalue weighted by molar-refractivity contribution is -0.129. The van der Waals surface area contributed by atoms with Gasteiger partial charge in [-0.15, -0.1) is 11.8 Å². The van der Waals surface area contributed by atoms with E-state index < -0.39 is 5.91 Å². The molecular formula is C18H18N2O4S. The predicted octanol–water partition coefficient (Wildman–Crippen LogP) is 2.25. The third-order valence-corrected chi connectivity index (χ3v) is 5.23. The molecule has 0 radical (unpaired) electrons. The van der Waals surface area contributed by atoms with Crippen molar-refractivity contribution in [2.24, 2.45) is 0 Å². The molecule has 0 spiro atoms. The highest BCUT2D eigenvalue weighted by atomic mass is 32.2. The van der Waals surface area contributed by atoms with Crippen molar-refractivity contribution in [2.45, 2.75) is 16.6 Å². The maximum Gasteiger partial charge on any atom is 0.263 e. The monoisotopic (exact) mass is 358 g/mol. The molecular weight excluding hydrogens is 340 g/mol. The van der Waals surface area contributed by atoms with Crippen LogP contribution in [0.15, 0.2) is 53.4 Å². The molecule has 0 saturated heterocycles. The van der Waals surface area contributed by atoms with Gasteiger partial charge in [0.2, 0.25) is 5.91 Å². The average Bonchev–Trinajstić information content (AvgIpc) is 2.65. The number of thioether (sulfide) groups is 1. The Labute approximate surface area is 149 Å². The molecule has 7 heteroatoms. The minimum Gasteiger partial charge on any atom is -0.497 e. The zero-order valence-electron chi connectivity index (χ0n) is 13.6. The number of methoxy groups -OCH3 is 1. The summed E-state index contributed by atoms with van der Waals surface area (Å²) in [7, 11) is 1.61. The van der Waals surface area contributed by atoms with Gasteiger partial charge in [-0.05, 0) is 36.2 Å². The molecule has 0 bridgehead atoms. The number of carbonyl (C=O) groups excluding carboxylic acids is 2. The number of hydrogen-bond donors (Lipinski definition) is 2. The van der Waals surface area contributed by atoms with Crippen LogP contribution in [-0.2, 0) is 16.0 Å². The van der Waals surface area contributed by atoms with E-state index >= 15 is 0 Å². The molecule has 6 nitrogen and oxygen atoms in total. The Balaban J connectivity index is 1.85. The van der Waals surface area contributed by atoms with Crippen LogP contribution >= 0.6 is 11.8 Å². The minimum atomic E-state index is -0.627. The van der Waals surface area contributed by atoms with Crippen molar-refractivity contribution in [1.82, 2.24) is 5.48 Å². The molecule has 2 amide bonds. The summed E-state index contributed by atoms with van der Waals surface area (Å²) in [4.78, 5) is 26.8. The van der Waals surface area contributed by atoms with Crippen molar-refractivity contribution in [3.05, 3.63) is 54.1 Å². The molecule has 1 aliphatic heterocycles. The van der Waals surface area contributed by atoms with E-state index in [-0.39, 0.29) is 17.7 Å². The first-order valence-electron chi connectivity index (χ1n) is 7.75. The van der Waals surface area contributed by atoms with Gasteiger partial charge in [0.05, 0.1) is 18.0 Å². The maximum absolute atomic E-state index is 12.9. The van der Waals surface area contributed by atoms with E-state index in [1.54, 1.807) is 18.7 Å². The fraction of sp³-hybridized carbons (Fsp3) is 0.222. The van der Waals surface area contributed by atoms with Crippen molar-refractivity contribution in [2.75, 3.05) is 18.6 Å². The van der Waals surface area contributed by atoms with Gasteiger partial charge in [0.25, 0.3) is 5.91 Å². The van der Waals surface area contributed by atoms with Crippen LogP contribution in [0.1, 0.15) is 5.56 Å². The van der Waals surface area contributed by atoms with Gasteiger partial charge in [0.15, 0.2) is 0 Å². The SMILES string of the molecule is COc1ccc(CC2Sc3ccccc3N(CC(=O)NO)C2=O)cc1. The van der Waals surface area contributed by atoms with Crippen LogP contribution in [-0.4, -0.2) is 35.9 Å². The number of rotatable bonds is 5. The summed E-state index contributed by atoms with van der Waals surface area (Å²) in [6, 6.07) is 15.0. The second-order valence-corrected chi connectivity index (χ2v) is 6.83. The number of ether oxygens (including phenoxy) is 1. The largest absolute Gasteiger partial charge is 0.497 e. The molecule has 2 aromatic rings. The van der Waals surface area contributed by atoms with Crippen molar-refractivity contribution < 1.29 is 19.5 Å². The van der Waals surface area contributed by atoms with Crippen molar-refractivity contribution in [3.63, 3.8) is 0 Å². The van der Waals surface area contributed by atoms with Gasteiger partial charge in [-0.3, -0.25) is 14.8 Å². The molecule has 0 saturated carbocycles. The summed E-state index contributed by atoms with van der Waals surface area (Å²) in [5.74, 6) is -0.0145. The van der Waals surface area contributed by atoms with Gasteiger partial charge in [-0.1, -0.05) is 24.3 Å². The maximum atomic E-state index is 12.9. The molecule has 2 N–H and O–H groups in total. The lowest BCUT2D eigenvalue weighted by Gasteiger charge is -2.33. The van der Waals surface area contributed by atoms with E-state index in [1.807, 2.05) is 42.5 Å². The first kappa shape index (κ1) is 17.3. The van der Waals surface area contributed by atoms with Crippen LogP contribution < -0.4 is 15.1 Å². The molecule has 1 unspecified atom stereocenters. The molecule has 0 fully saturated rings. The van der Waals surface area contributed by atoms with E-state index in [9.17, 15) is 9.59 Å². The fourth-order valence-corrected chi connectivity index (χ4v) is 3.99. The Morgan fingerprint density at radius 1 is 1.24 bits per heavy atom. The summed E-state index contributed by atoms with van der Waals surface area (Å²) in [6.07, 6.45) is 0.541. The summed E-state index contributed by atoms with van der Waals surface area (Å²) in [5, 5.41) is 8.46. The van der Waals surface area contributed by atoms with Crippen molar-refractivity contribution >= 4 is 29.3 Å². The minimum absolute atomic E-state index is 0.150. The number of carbonyl (C=O) groups is 2. The van der Waals surface area contributed by atoms with E-state index in [4.69, 9.17) is 9.94 Å². The van der Waals surface area contributed by atoms with Crippen LogP contribution in [0, 0.1) is 0 Å². The van der Waals surface area contributed by atoms with E-state index in [0.717, 1.165) is 16.2 Å².